The highest BCUT2D eigenvalue weighted by atomic mass is 79.9. The molecule has 0 aliphatic heterocycles. The summed E-state index contributed by atoms with van der Waals surface area (Å²) in [5.74, 6) is 2.83. The fourth-order valence-corrected chi connectivity index (χ4v) is 2.52. The van der Waals surface area contributed by atoms with Gasteiger partial charge in [-0.3, -0.25) is 0 Å². The number of hydrogen-bond acceptors (Lipinski definition) is 4. The molecular weight excluding hydrogens is 306 g/mol. The van der Waals surface area contributed by atoms with Crippen molar-refractivity contribution >= 4 is 21.7 Å². The molecule has 0 spiro atoms. The second kappa shape index (κ2) is 5.33. The monoisotopic (exact) mass is 321 g/mol. The lowest BCUT2D eigenvalue weighted by atomic mass is 10.3. The maximum absolute atomic E-state index is 5.45. The standard InChI is InChI=1S/C14H16BrN3O/c1-2-13-16-12(15)8-14(17-13)18(10-5-6-10)9-11-4-3-7-19-11/h3-4,7-8,10H,2,5-6,9H2,1H3. The molecule has 0 atom stereocenters. The van der Waals surface area contributed by atoms with E-state index in [0.29, 0.717) is 6.04 Å². The number of hydrogen-bond donors (Lipinski definition) is 0. The van der Waals surface area contributed by atoms with Gasteiger partial charge in [0, 0.05) is 18.5 Å². The van der Waals surface area contributed by atoms with Gasteiger partial charge in [-0.2, -0.15) is 0 Å². The smallest absolute Gasteiger partial charge is 0.134 e. The summed E-state index contributed by atoms with van der Waals surface area (Å²) < 4.78 is 6.30. The average Bonchev–Trinajstić information content (AvgIpc) is 3.12. The van der Waals surface area contributed by atoms with Crippen LogP contribution in [0.5, 0.6) is 0 Å². The van der Waals surface area contributed by atoms with E-state index in [4.69, 9.17) is 4.42 Å². The third-order valence-corrected chi connectivity index (χ3v) is 3.64. The molecule has 0 radical (unpaired) electrons. The van der Waals surface area contributed by atoms with Crippen LogP contribution in [0.1, 0.15) is 31.4 Å². The van der Waals surface area contributed by atoms with E-state index >= 15 is 0 Å². The molecule has 100 valence electrons. The molecule has 0 bridgehead atoms. The summed E-state index contributed by atoms with van der Waals surface area (Å²) in [5, 5.41) is 0. The zero-order chi connectivity index (χ0) is 13.2. The van der Waals surface area contributed by atoms with E-state index in [9.17, 15) is 0 Å². The van der Waals surface area contributed by atoms with Crippen LogP contribution < -0.4 is 4.90 Å². The fourth-order valence-electron chi connectivity index (χ4n) is 2.11. The lowest BCUT2D eigenvalue weighted by molar-refractivity contribution is 0.500. The SMILES string of the molecule is CCc1nc(Br)cc(N(Cc2ccco2)C2CC2)n1. The molecule has 2 heterocycles. The molecule has 5 heteroatoms. The molecule has 1 fully saturated rings. The highest BCUT2D eigenvalue weighted by Crippen LogP contribution is 2.33. The van der Waals surface area contributed by atoms with E-state index in [-0.39, 0.29) is 0 Å². The summed E-state index contributed by atoms with van der Waals surface area (Å²) in [4.78, 5) is 11.3. The van der Waals surface area contributed by atoms with Crippen LogP contribution >= 0.6 is 15.9 Å². The first-order valence-electron chi connectivity index (χ1n) is 6.58. The van der Waals surface area contributed by atoms with Crippen molar-refractivity contribution in [2.24, 2.45) is 0 Å². The van der Waals surface area contributed by atoms with Gasteiger partial charge in [0.15, 0.2) is 0 Å². The zero-order valence-corrected chi connectivity index (χ0v) is 12.4. The van der Waals surface area contributed by atoms with Gasteiger partial charge in [-0.1, -0.05) is 6.92 Å². The molecule has 2 aromatic heterocycles. The van der Waals surface area contributed by atoms with Gasteiger partial charge in [0.1, 0.15) is 22.0 Å². The Bertz CT molecular complexity index is 552. The number of halogens is 1. The first-order chi connectivity index (χ1) is 9.26. The largest absolute Gasteiger partial charge is 0.467 e. The van der Waals surface area contributed by atoms with Gasteiger partial charge in [0.25, 0.3) is 0 Å². The third-order valence-electron chi connectivity index (χ3n) is 3.23. The Balaban J connectivity index is 1.89. The molecule has 0 amide bonds. The van der Waals surface area contributed by atoms with Crippen LogP contribution in [0.2, 0.25) is 0 Å². The van der Waals surface area contributed by atoms with Gasteiger partial charge < -0.3 is 9.32 Å². The predicted molar refractivity (Wildman–Crippen MR) is 77.0 cm³/mol. The second-order valence-corrected chi connectivity index (χ2v) is 5.57. The molecule has 0 saturated heterocycles. The van der Waals surface area contributed by atoms with Gasteiger partial charge in [-0.25, -0.2) is 9.97 Å². The minimum Gasteiger partial charge on any atom is -0.467 e. The van der Waals surface area contributed by atoms with Crippen molar-refractivity contribution < 1.29 is 4.42 Å². The number of anilines is 1. The first kappa shape index (κ1) is 12.7. The van der Waals surface area contributed by atoms with E-state index in [1.807, 2.05) is 18.2 Å². The summed E-state index contributed by atoms with van der Waals surface area (Å²) in [6.45, 7) is 2.84. The molecule has 4 nitrogen and oxygen atoms in total. The number of aryl methyl sites for hydroxylation is 1. The highest BCUT2D eigenvalue weighted by molar-refractivity contribution is 9.10. The quantitative estimate of drug-likeness (QED) is 0.789. The molecule has 0 aromatic carbocycles. The molecule has 1 aliphatic carbocycles. The van der Waals surface area contributed by atoms with E-state index in [1.54, 1.807) is 6.26 Å². The van der Waals surface area contributed by atoms with Crippen molar-refractivity contribution in [2.45, 2.75) is 38.8 Å². The van der Waals surface area contributed by atoms with Crippen LogP contribution in [0.25, 0.3) is 0 Å². The number of nitrogens with zero attached hydrogens (tertiary/aromatic N) is 3. The van der Waals surface area contributed by atoms with Crippen molar-refractivity contribution in [3.05, 3.63) is 40.7 Å². The summed E-state index contributed by atoms with van der Waals surface area (Å²) >= 11 is 3.47. The van der Waals surface area contributed by atoms with Crippen LogP contribution in [0.3, 0.4) is 0 Å². The molecule has 1 saturated carbocycles. The van der Waals surface area contributed by atoms with Gasteiger partial charge >= 0.3 is 0 Å². The highest BCUT2D eigenvalue weighted by Gasteiger charge is 2.31. The van der Waals surface area contributed by atoms with Crippen molar-refractivity contribution in [3.8, 4) is 0 Å². The van der Waals surface area contributed by atoms with E-state index in [2.05, 4.69) is 37.7 Å². The second-order valence-electron chi connectivity index (χ2n) is 4.76. The topological polar surface area (TPSA) is 42.2 Å². The predicted octanol–water partition coefficient (Wildman–Crippen LogP) is 3.56. The Kier molecular flexibility index (Phi) is 3.55. The molecule has 0 N–H and O–H groups in total. The van der Waals surface area contributed by atoms with Gasteiger partial charge in [-0.15, -0.1) is 0 Å². The van der Waals surface area contributed by atoms with Crippen LogP contribution in [-0.4, -0.2) is 16.0 Å². The Morgan fingerprint density at radius 3 is 2.89 bits per heavy atom. The lowest BCUT2D eigenvalue weighted by Gasteiger charge is -2.22. The van der Waals surface area contributed by atoms with Crippen LogP contribution in [-0.2, 0) is 13.0 Å². The van der Waals surface area contributed by atoms with Crippen molar-refractivity contribution in [1.29, 1.82) is 0 Å². The average molecular weight is 322 g/mol. The minimum absolute atomic E-state index is 0.580. The number of rotatable bonds is 5. The first-order valence-corrected chi connectivity index (χ1v) is 7.38. The molecule has 0 unspecified atom stereocenters. The van der Waals surface area contributed by atoms with Crippen LogP contribution in [0.4, 0.5) is 5.82 Å². The van der Waals surface area contributed by atoms with Gasteiger partial charge in [0.05, 0.1) is 12.8 Å². The lowest BCUT2D eigenvalue weighted by Crippen LogP contribution is -2.26. The summed E-state index contributed by atoms with van der Waals surface area (Å²) in [7, 11) is 0. The van der Waals surface area contributed by atoms with E-state index in [1.165, 1.54) is 12.8 Å². The number of aromatic nitrogens is 2. The van der Waals surface area contributed by atoms with Crippen molar-refractivity contribution in [3.63, 3.8) is 0 Å². The molecule has 2 aromatic rings. The van der Waals surface area contributed by atoms with Gasteiger partial charge in [0.2, 0.25) is 0 Å². The van der Waals surface area contributed by atoms with E-state index in [0.717, 1.165) is 35.0 Å². The summed E-state index contributed by atoms with van der Waals surface area (Å²) in [6.07, 6.45) is 5.01. The van der Waals surface area contributed by atoms with E-state index < -0.39 is 0 Å². The Labute approximate surface area is 121 Å². The van der Waals surface area contributed by atoms with Crippen molar-refractivity contribution in [2.75, 3.05) is 4.90 Å². The third kappa shape index (κ3) is 2.97. The Morgan fingerprint density at radius 2 is 2.26 bits per heavy atom. The maximum Gasteiger partial charge on any atom is 0.134 e. The minimum atomic E-state index is 0.580. The van der Waals surface area contributed by atoms with Crippen LogP contribution in [0, 0.1) is 0 Å². The Morgan fingerprint density at radius 1 is 1.42 bits per heavy atom. The van der Waals surface area contributed by atoms with Crippen molar-refractivity contribution in [1.82, 2.24) is 9.97 Å². The van der Waals surface area contributed by atoms with Gasteiger partial charge in [-0.05, 0) is 40.9 Å². The fraction of sp³-hybridized carbons (Fsp3) is 0.429. The van der Waals surface area contributed by atoms with Crippen LogP contribution in [0.15, 0.2) is 33.5 Å². The molecule has 3 rings (SSSR count). The summed E-state index contributed by atoms with van der Waals surface area (Å²) in [6, 6.07) is 6.50. The Hall–Kier alpha value is -1.36. The summed E-state index contributed by atoms with van der Waals surface area (Å²) in [5.41, 5.74) is 0. The normalized spacial score (nSPS) is 14.6. The number of furan rings is 1. The molecule has 1 aliphatic rings. The maximum atomic E-state index is 5.45. The molecular formula is C14H16BrN3O. The zero-order valence-electron chi connectivity index (χ0n) is 10.8. The molecule has 19 heavy (non-hydrogen) atoms.